The van der Waals surface area contributed by atoms with Gasteiger partial charge in [-0.05, 0) is 13.3 Å². The van der Waals surface area contributed by atoms with E-state index in [2.05, 4.69) is 4.99 Å². The smallest absolute Gasteiger partial charge is 0.285 e. The number of alkyl halides is 3. The maximum atomic E-state index is 11.7. The number of hydrogen-bond donors (Lipinski definition) is 0. The molecule has 0 saturated carbocycles. The van der Waals surface area contributed by atoms with Gasteiger partial charge in [-0.25, -0.2) is 0 Å². The summed E-state index contributed by atoms with van der Waals surface area (Å²) in [5.74, 6) is 0. The molecular formula is C7H12F3N. The third-order valence-electron chi connectivity index (χ3n) is 1.27. The zero-order valence-corrected chi connectivity index (χ0v) is 6.70. The maximum absolute atomic E-state index is 11.7. The third kappa shape index (κ3) is 4.81. The summed E-state index contributed by atoms with van der Waals surface area (Å²) >= 11 is 0. The number of halogens is 3. The van der Waals surface area contributed by atoms with Crippen LogP contribution < -0.4 is 0 Å². The molecule has 0 aliphatic rings. The fourth-order valence-electron chi connectivity index (χ4n) is 0.495. The van der Waals surface area contributed by atoms with Gasteiger partial charge in [-0.15, -0.1) is 0 Å². The Balaban J connectivity index is 3.81. The molecule has 0 bridgehead atoms. The number of unbranched alkanes of at least 4 members (excludes halogenated alkanes) is 1. The van der Waals surface area contributed by atoms with Crippen LogP contribution in [0.15, 0.2) is 4.99 Å². The van der Waals surface area contributed by atoms with Gasteiger partial charge in [0, 0.05) is 6.54 Å². The fraction of sp³-hybridized carbons (Fsp3) is 0.857. The number of hydrogen-bond acceptors (Lipinski definition) is 1. The molecule has 0 aliphatic heterocycles. The van der Waals surface area contributed by atoms with Crippen LogP contribution >= 0.6 is 0 Å². The molecule has 0 aliphatic carbocycles. The van der Waals surface area contributed by atoms with Crippen molar-refractivity contribution in [2.24, 2.45) is 4.99 Å². The topological polar surface area (TPSA) is 12.4 Å². The Labute approximate surface area is 64.3 Å². The second kappa shape index (κ2) is 4.36. The van der Waals surface area contributed by atoms with E-state index in [1.807, 2.05) is 6.92 Å². The molecule has 66 valence electrons. The zero-order chi connectivity index (χ0) is 8.91. The Kier molecular flexibility index (Phi) is 4.15. The first-order valence-electron chi connectivity index (χ1n) is 3.56. The van der Waals surface area contributed by atoms with E-state index < -0.39 is 11.9 Å². The predicted molar refractivity (Wildman–Crippen MR) is 38.9 cm³/mol. The van der Waals surface area contributed by atoms with Gasteiger partial charge in [0.2, 0.25) is 0 Å². The van der Waals surface area contributed by atoms with Gasteiger partial charge < -0.3 is 0 Å². The minimum atomic E-state index is -4.24. The Hall–Kier alpha value is -0.540. The van der Waals surface area contributed by atoms with Crippen molar-refractivity contribution in [3.8, 4) is 0 Å². The van der Waals surface area contributed by atoms with Crippen molar-refractivity contribution in [3.05, 3.63) is 0 Å². The summed E-state index contributed by atoms with van der Waals surface area (Å²) in [5.41, 5.74) is -0.731. The quantitative estimate of drug-likeness (QED) is 0.452. The van der Waals surface area contributed by atoms with E-state index in [-0.39, 0.29) is 6.54 Å². The van der Waals surface area contributed by atoms with Crippen molar-refractivity contribution in [2.45, 2.75) is 32.9 Å². The predicted octanol–water partition coefficient (Wildman–Crippen LogP) is 2.81. The van der Waals surface area contributed by atoms with E-state index in [1.165, 1.54) is 0 Å². The lowest BCUT2D eigenvalue weighted by Gasteiger charge is -2.04. The molecule has 0 saturated heterocycles. The average Bonchev–Trinajstić information content (AvgIpc) is 1.86. The van der Waals surface area contributed by atoms with Crippen LogP contribution in [0.2, 0.25) is 0 Å². The first-order chi connectivity index (χ1) is 4.98. The van der Waals surface area contributed by atoms with Crippen LogP contribution in [0.5, 0.6) is 0 Å². The summed E-state index contributed by atoms with van der Waals surface area (Å²) in [4.78, 5) is 3.38. The maximum Gasteiger partial charge on any atom is 0.428 e. The molecular weight excluding hydrogens is 155 g/mol. The monoisotopic (exact) mass is 167 g/mol. The lowest BCUT2D eigenvalue weighted by atomic mass is 10.3. The second-order valence-electron chi connectivity index (χ2n) is 2.32. The standard InChI is InChI=1S/C7H12F3N/c1-3-4-5-11-6(2)7(8,9)10/h3-5H2,1-2H3. The van der Waals surface area contributed by atoms with Crippen molar-refractivity contribution in [1.82, 2.24) is 0 Å². The Morgan fingerprint density at radius 2 is 1.91 bits per heavy atom. The molecule has 0 spiro atoms. The minimum absolute atomic E-state index is 0.280. The molecule has 0 heterocycles. The molecule has 0 fully saturated rings. The summed E-state index contributed by atoms with van der Waals surface area (Å²) in [6.45, 7) is 3.19. The first-order valence-corrected chi connectivity index (χ1v) is 3.56. The number of aliphatic imine (C=N–C) groups is 1. The van der Waals surface area contributed by atoms with Crippen molar-refractivity contribution in [3.63, 3.8) is 0 Å². The molecule has 1 nitrogen and oxygen atoms in total. The van der Waals surface area contributed by atoms with Gasteiger partial charge in [-0.1, -0.05) is 13.3 Å². The van der Waals surface area contributed by atoms with Gasteiger partial charge in [0.05, 0.1) is 0 Å². The molecule has 4 heteroatoms. The van der Waals surface area contributed by atoms with Crippen molar-refractivity contribution in [2.75, 3.05) is 6.54 Å². The van der Waals surface area contributed by atoms with Gasteiger partial charge in [0.15, 0.2) is 0 Å². The van der Waals surface area contributed by atoms with Gasteiger partial charge in [-0.2, -0.15) is 13.2 Å². The largest absolute Gasteiger partial charge is 0.428 e. The Morgan fingerprint density at radius 1 is 1.36 bits per heavy atom. The van der Waals surface area contributed by atoms with Crippen LogP contribution in [0, 0.1) is 0 Å². The van der Waals surface area contributed by atoms with E-state index in [9.17, 15) is 13.2 Å². The van der Waals surface area contributed by atoms with Crippen LogP contribution in [0.25, 0.3) is 0 Å². The summed E-state index contributed by atoms with van der Waals surface area (Å²) in [5, 5.41) is 0. The summed E-state index contributed by atoms with van der Waals surface area (Å²) < 4.78 is 35.2. The fourth-order valence-corrected chi connectivity index (χ4v) is 0.495. The highest BCUT2D eigenvalue weighted by molar-refractivity contribution is 5.87. The summed E-state index contributed by atoms with van der Waals surface area (Å²) in [7, 11) is 0. The van der Waals surface area contributed by atoms with Crippen molar-refractivity contribution in [1.29, 1.82) is 0 Å². The third-order valence-corrected chi connectivity index (χ3v) is 1.27. The lowest BCUT2D eigenvalue weighted by molar-refractivity contribution is -0.0594. The Morgan fingerprint density at radius 3 is 2.27 bits per heavy atom. The lowest BCUT2D eigenvalue weighted by Crippen LogP contribution is -2.19. The molecule has 0 rings (SSSR count). The summed E-state index contributed by atoms with van der Waals surface area (Å²) in [6, 6.07) is 0. The van der Waals surface area contributed by atoms with E-state index in [0.29, 0.717) is 6.42 Å². The van der Waals surface area contributed by atoms with Gasteiger partial charge in [0.25, 0.3) is 0 Å². The summed E-state index contributed by atoms with van der Waals surface area (Å²) in [6.07, 6.45) is -2.66. The molecule has 0 amide bonds. The van der Waals surface area contributed by atoms with Crippen LogP contribution in [-0.4, -0.2) is 18.4 Å². The van der Waals surface area contributed by atoms with Crippen LogP contribution in [0.4, 0.5) is 13.2 Å². The molecule has 11 heavy (non-hydrogen) atoms. The van der Waals surface area contributed by atoms with Crippen molar-refractivity contribution >= 4 is 5.71 Å². The molecule has 0 aromatic heterocycles. The Bertz CT molecular complexity index is 137. The van der Waals surface area contributed by atoms with Crippen molar-refractivity contribution < 1.29 is 13.2 Å². The highest BCUT2D eigenvalue weighted by Gasteiger charge is 2.31. The molecule has 0 N–H and O–H groups in total. The molecule has 0 unspecified atom stereocenters. The molecule has 0 radical (unpaired) electrons. The molecule has 0 aromatic carbocycles. The molecule has 0 aromatic rings. The van der Waals surface area contributed by atoms with Gasteiger partial charge in [-0.3, -0.25) is 4.99 Å². The van der Waals surface area contributed by atoms with E-state index in [4.69, 9.17) is 0 Å². The number of nitrogens with zero attached hydrogens (tertiary/aromatic N) is 1. The zero-order valence-electron chi connectivity index (χ0n) is 6.70. The normalized spacial score (nSPS) is 13.7. The van der Waals surface area contributed by atoms with E-state index >= 15 is 0 Å². The van der Waals surface area contributed by atoms with E-state index in [1.54, 1.807) is 0 Å². The number of rotatable bonds is 3. The van der Waals surface area contributed by atoms with Gasteiger partial charge in [0.1, 0.15) is 5.71 Å². The van der Waals surface area contributed by atoms with Crippen LogP contribution in [0.1, 0.15) is 26.7 Å². The average molecular weight is 167 g/mol. The first kappa shape index (κ1) is 10.5. The van der Waals surface area contributed by atoms with Crippen LogP contribution in [0.3, 0.4) is 0 Å². The second-order valence-corrected chi connectivity index (χ2v) is 2.32. The highest BCUT2D eigenvalue weighted by Crippen LogP contribution is 2.16. The SMILES string of the molecule is CCCCN=C(C)C(F)(F)F. The van der Waals surface area contributed by atoms with E-state index in [0.717, 1.165) is 13.3 Å². The van der Waals surface area contributed by atoms with Crippen LogP contribution in [-0.2, 0) is 0 Å². The highest BCUT2D eigenvalue weighted by atomic mass is 19.4. The van der Waals surface area contributed by atoms with Gasteiger partial charge >= 0.3 is 6.18 Å². The minimum Gasteiger partial charge on any atom is -0.285 e. The molecule has 0 atom stereocenters.